The van der Waals surface area contributed by atoms with Gasteiger partial charge in [-0.1, -0.05) is 35.9 Å². The van der Waals surface area contributed by atoms with E-state index < -0.39 is 11.8 Å². The van der Waals surface area contributed by atoms with Crippen LogP contribution in [0, 0.1) is 0 Å². The van der Waals surface area contributed by atoms with Crippen LogP contribution in [0.5, 0.6) is 11.5 Å². The highest BCUT2D eigenvalue weighted by Gasteiger charge is 2.35. The number of thiocarbonyl (C=S) groups is 1. The van der Waals surface area contributed by atoms with Crippen molar-refractivity contribution in [2.75, 3.05) is 18.1 Å². The molecule has 1 fully saturated rings. The molecule has 1 aliphatic heterocycles. The van der Waals surface area contributed by atoms with E-state index in [9.17, 15) is 9.59 Å². The second-order valence-electron chi connectivity index (χ2n) is 6.42. The van der Waals surface area contributed by atoms with Crippen LogP contribution in [0.1, 0.15) is 12.5 Å². The molecule has 1 heterocycles. The van der Waals surface area contributed by atoms with E-state index >= 15 is 0 Å². The first-order valence-electron chi connectivity index (χ1n) is 9.33. The van der Waals surface area contributed by atoms with Crippen molar-refractivity contribution in [2.24, 2.45) is 0 Å². The summed E-state index contributed by atoms with van der Waals surface area (Å²) >= 11 is 20.9. The zero-order chi connectivity index (χ0) is 23.4. The summed E-state index contributed by atoms with van der Waals surface area (Å²) in [6.45, 7) is 6.16. The van der Waals surface area contributed by atoms with Crippen molar-refractivity contribution < 1.29 is 19.1 Å². The third-order valence-electron chi connectivity index (χ3n) is 4.24. The molecular weight excluding hydrogens is 539 g/mol. The lowest BCUT2D eigenvalue weighted by Gasteiger charge is -2.29. The lowest BCUT2D eigenvalue weighted by Crippen LogP contribution is -2.54. The van der Waals surface area contributed by atoms with Crippen LogP contribution in [0.3, 0.4) is 0 Å². The molecule has 0 spiro atoms. The lowest BCUT2D eigenvalue weighted by molar-refractivity contribution is -0.122. The number of benzene rings is 2. The summed E-state index contributed by atoms with van der Waals surface area (Å²) in [4.78, 5) is 27.0. The van der Waals surface area contributed by atoms with Crippen molar-refractivity contribution in [1.82, 2.24) is 5.32 Å². The van der Waals surface area contributed by atoms with Crippen LogP contribution in [0.4, 0.5) is 5.69 Å². The van der Waals surface area contributed by atoms with Crippen LogP contribution < -0.4 is 19.7 Å². The van der Waals surface area contributed by atoms with Gasteiger partial charge < -0.3 is 9.47 Å². The van der Waals surface area contributed by atoms with Crippen LogP contribution in [0.25, 0.3) is 6.08 Å². The summed E-state index contributed by atoms with van der Waals surface area (Å²) in [7, 11) is 0. The van der Waals surface area contributed by atoms with Gasteiger partial charge in [-0.2, -0.15) is 0 Å². The third kappa shape index (κ3) is 5.15. The Labute approximate surface area is 208 Å². The van der Waals surface area contributed by atoms with Crippen LogP contribution in [-0.4, -0.2) is 30.1 Å². The number of rotatable bonds is 7. The molecule has 0 aliphatic carbocycles. The smallest absolute Gasteiger partial charge is 0.270 e. The molecule has 1 N–H and O–H groups in total. The van der Waals surface area contributed by atoms with Crippen molar-refractivity contribution in [3.05, 3.63) is 68.6 Å². The molecular formula is C22H17BrCl2N2O4S. The van der Waals surface area contributed by atoms with Gasteiger partial charge in [-0.05, 0) is 77.0 Å². The van der Waals surface area contributed by atoms with E-state index in [-0.39, 0.29) is 22.3 Å². The van der Waals surface area contributed by atoms with Crippen molar-refractivity contribution >= 4 is 80.0 Å². The number of ether oxygens (including phenoxy) is 2. The average molecular weight is 556 g/mol. The minimum absolute atomic E-state index is 0.0780. The predicted octanol–water partition coefficient (Wildman–Crippen LogP) is 5.55. The van der Waals surface area contributed by atoms with E-state index in [0.29, 0.717) is 38.9 Å². The van der Waals surface area contributed by atoms with Crippen LogP contribution >= 0.6 is 51.3 Å². The third-order valence-corrected chi connectivity index (χ3v) is 5.65. The fraction of sp³-hybridized carbons (Fsp3) is 0.136. The first-order chi connectivity index (χ1) is 15.3. The molecule has 166 valence electrons. The average Bonchev–Trinajstić information content (AvgIpc) is 2.72. The molecule has 2 aromatic rings. The zero-order valence-electron chi connectivity index (χ0n) is 16.8. The molecule has 1 aliphatic rings. The number of nitrogens with one attached hydrogen (secondary N) is 1. The SMILES string of the molecule is C=CCOc1c(Br)cc(C=C2C(=O)NC(=S)N(c3ccc(Cl)cc3Cl)C2=O)cc1OCC. The molecule has 10 heteroatoms. The largest absolute Gasteiger partial charge is 0.490 e. The molecule has 0 saturated carbocycles. The quantitative estimate of drug-likeness (QED) is 0.210. The van der Waals surface area contributed by atoms with Gasteiger partial charge in [0.15, 0.2) is 16.6 Å². The van der Waals surface area contributed by atoms with Crippen molar-refractivity contribution in [2.45, 2.75) is 6.92 Å². The van der Waals surface area contributed by atoms with Crippen molar-refractivity contribution in [3.63, 3.8) is 0 Å². The molecule has 32 heavy (non-hydrogen) atoms. The number of carbonyl (C=O) groups is 2. The standard InChI is InChI=1S/C22H17BrCl2N2O4S/c1-3-7-31-19-15(23)9-12(10-18(19)30-4-2)8-14-20(28)26-22(32)27(21(14)29)17-6-5-13(24)11-16(17)25/h3,5-6,8-11H,1,4,7H2,2H3,(H,26,28,32). The minimum atomic E-state index is -0.623. The lowest BCUT2D eigenvalue weighted by atomic mass is 10.1. The van der Waals surface area contributed by atoms with E-state index in [1.165, 1.54) is 12.1 Å². The molecule has 0 aromatic heterocycles. The van der Waals surface area contributed by atoms with Gasteiger partial charge in [0.05, 0.1) is 21.8 Å². The number of carbonyl (C=O) groups excluding carboxylic acids is 2. The first-order valence-corrected chi connectivity index (χ1v) is 11.3. The van der Waals surface area contributed by atoms with Crippen LogP contribution in [-0.2, 0) is 9.59 Å². The number of hydrogen-bond acceptors (Lipinski definition) is 5. The Hall–Kier alpha value is -2.39. The molecule has 0 unspecified atom stereocenters. The van der Waals surface area contributed by atoms with Gasteiger partial charge >= 0.3 is 0 Å². The van der Waals surface area contributed by atoms with Gasteiger partial charge in [0.2, 0.25) is 0 Å². The summed E-state index contributed by atoms with van der Waals surface area (Å²) in [6.07, 6.45) is 3.06. The number of amides is 2. The highest BCUT2D eigenvalue weighted by molar-refractivity contribution is 9.10. The molecule has 1 saturated heterocycles. The summed E-state index contributed by atoms with van der Waals surface area (Å²) < 4.78 is 11.9. The first kappa shape index (κ1) is 24.3. The van der Waals surface area contributed by atoms with Gasteiger partial charge in [-0.25, -0.2) is 0 Å². The molecule has 2 amide bonds. The van der Waals surface area contributed by atoms with Crippen LogP contribution in [0.2, 0.25) is 10.0 Å². The van der Waals surface area contributed by atoms with E-state index in [4.69, 9.17) is 44.9 Å². The zero-order valence-corrected chi connectivity index (χ0v) is 20.7. The Bertz CT molecular complexity index is 1150. The second kappa shape index (κ2) is 10.5. The Morgan fingerprint density at radius 2 is 1.97 bits per heavy atom. The van der Waals surface area contributed by atoms with Crippen molar-refractivity contribution in [3.8, 4) is 11.5 Å². The Kier molecular flexibility index (Phi) is 7.95. The van der Waals surface area contributed by atoms with E-state index in [1.807, 2.05) is 6.92 Å². The number of nitrogens with zero attached hydrogens (tertiary/aromatic N) is 1. The normalized spacial score (nSPS) is 15.1. The fourth-order valence-electron chi connectivity index (χ4n) is 2.92. The van der Waals surface area contributed by atoms with Gasteiger partial charge in [0.25, 0.3) is 11.8 Å². The molecule has 3 rings (SSSR count). The Morgan fingerprint density at radius 3 is 2.62 bits per heavy atom. The fourth-order valence-corrected chi connectivity index (χ4v) is 4.26. The van der Waals surface area contributed by atoms with Crippen LogP contribution in [0.15, 0.2) is 53.0 Å². The Balaban J connectivity index is 2.04. The summed E-state index contributed by atoms with van der Waals surface area (Å²) in [6, 6.07) is 8.00. The monoisotopic (exact) mass is 554 g/mol. The highest BCUT2D eigenvalue weighted by Crippen LogP contribution is 2.38. The minimum Gasteiger partial charge on any atom is -0.490 e. The maximum absolute atomic E-state index is 13.2. The van der Waals surface area contributed by atoms with E-state index in [2.05, 4.69) is 27.8 Å². The Morgan fingerprint density at radius 1 is 1.22 bits per heavy atom. The molecule has 0 radical (unpaired) electrons. The van der Waals surface area contributed by atoms with Gasteiger partial charge in [-0.15, -0.1) is 0 Å². The summed E-state index contributed by atoms with van der Waals surface area (Å²) in [5, 5.41) is 3.07. The summed E-state index contributed by atoms with van der Waals surface area (Å²) in [5.74, 6) is -0.303. The molecule has 0 atom stereocenters. The van der Waals surface area contributed by atoms with Crippen molar-refractivity contribution in [1.29, 1.82) is 0 Å². The maximum Gasteiger partial charge on any atom is 0.270 e. The predicted molar refractivity (Wildman–Crippen MR) is 134 cm³/mol. The number of hydrogen-bond donors (Lipinski definition) is 1. The van der Waals surface area contributed by atoms with Gasteiger partial charge in [-0.3, -0.25) is 19.8 Å². The molecule has 0 bridgehead atoms. The summed E-state index contributed by atoms with van der Waals surface area (Å²) in [5.41, 5.74) is 0.722. The van der Waals surface area contributed by atoms with Gasteiger partial charge in [0, 0.05) is 5.02 Å². The molecule has 6 nitrogen and oxygen atoms in total. The molecule has 2 aromatic carbocycles. The highest BCUT2D eigenvalue weighted by atomic mass is 79.9. The second-order valence-corrected chi connectivity index (χ2v) is 8.50. The maximum atomic E-state index is 13.2. The topological polar surface area (TPSA) is 67.9 Å². The van der Waals surface area contributed by atoms with E-state index in [0.717, 1.165) is 4.90 Å². The number of halogens is 3. The van der Waals surface area contributed by atoms with E-state index in [1.54, 1.807) is 30.3 Å². The van der Waals surface area contributed by atoms with Gasteiger partial charge in [0.1, 0.15) is 12.2 Å². The number of anilines is 1.